The number of methoxy groups -OCH3 is 1. The van der Waals surface area contributed by atoms with Crippen molar-refractivity contribution in [1.29, 1.82) is 0 Å². The summed E-state index contributed by atoms with van der Waals surface area (Å²) in [6, 6.07) is 7.96. The average Bonchev–Trinajstić information content (AvgIpc) is 2.08. The summed E-state index contributed by atoms with van der Waals surface area (Å²) in [5.74, 6) is 0.926. The Bertz CT molecular complexity index is 194. The second kappa shape index (κ2) is 8.12. The molecule has 0 amide bonds. The smallest absolute Gasteiger partial charge is 0.119 e. The predicted octanol–water partition coefficient (Wildman–Crippen LogP) is 3.67. The molecule has 1 nitrogen and oxygen atoms in total. The molecule has 0 aliphatic rings. The first-order valence-electron chi connectivity index (χ1n) is 3.93. The van der Waals surface area contributed by atoms with Crippen LogP contribution in [-0.4, -0.2) is 7.11 Å². The Morgan fingerprint density at radius 3 is 2.08 bits per heavy atom. The zero-order valence-corrected chi connectivity index (χ0v) is 7.72. The van der Waals surface area contributed by atoms with E-state index in [1.807, 2.05) is 45.0 Å². The highest BCUT2D eigenvalue weighted by atomic mass is 16.5. The van der Waals surface area contributed by atoms with Crippen LogP contribution in [0.15, 0.2) is 24.3 Å². The van der Waals surface area contributed by atoms with Gasteiger partial charge < -0.3 is 4.74 Å². The molecule has 1 aromatic rings. The third kappa shape index (κ3) is 4.78. The van der Waals surface area contributed by atoms with E-state index >= 15 is 0 Å². The SMILES string of the molecule is C.CC.COc1cccc(C)c1. The lowest BCUT2D eigenvalue weighted by molar-refractivity contribution is 0.414. The molecule has 1 heteroatoms. The Labute approximate surface area is 76.4 Å². The van der Waals surface area contributed by atoms with Crippen molar-refractivity contribution in [2.45, 2.75) is 28.2 Å². The summed E-state index contributed by atoms with van der Waals surface area (Å²) in [7, 11) is 1.68. The quantitative estimate of drug-likeness (QED) is 0.621. The highest BCUT2D eigenvalue weighted by Crippen LogP contribution is 2.10. The van der Waals surface area contributed by atoms with E-state index in [-0.39, 0.29) is 7.43 Å². The molecule has 0 unspecified atom stereocenters. The molecule has 0 aromatic heterocycles. The number of aryl methyl sites for hydroxylation is 1. The molecule has 1 aromatic carbocycles. The van der Waals surface area contributed by atoms with Gasteiger partial charge in [0.2, 0.25) is 0 Å². The van der Waals surface area contributed by atoms with E-state index in [2.05, 4.69) is 0 Å². The first kappa shape index (κ1) is 13.6. The molecule has 0 radical (unpaired) electrons. The van der Waals surface area contributed by atoms with Gasteiger partial charge in [-0.2, -0.15) is 0 Å². The molecular formula is C11H20O. The summed E-state index contributed by atoms with van der Waals surface area (Å²) in [6.07, 6.45) is 0. The number of hydrogen-bond acceptors (Lipinski definition) is 1. The minimum absolute atomic E-state index is 0. The molecule has 0 aliphatic carbocycles. The van der Waals surface area contributed by atoms with Crippen LogP contribution in [0.3, 0.4) is 0 Å². The van der Waals surface area contributed by atoms with Crippen LogP contribution in [0.2, 0.25) is 0 Å². The highest BCUT2D eigenvalue weighted by molar-refractivity contribution is 5.27. The van der Waals surface area contributed by atoms with E-state index < -0.39 is 0 Å². The maximum absolute atomic E-state index is 5.00. The van der Waals surface area contributed by atoms with Crippen molar-refractivity contribution >= 4 is 0 Å². The van der Waals surface area contributed by atoms with E-state index in [0.717, 1.165) is 5.75 Å². The molecule has 1 rings (SSSR count). The van der Waals surface area contributed by atoms with Crippen molar-refractivity contribution in [3.63, 3.8) is 0 Å². The molecule has 12 heavy (non-hydrogen) atoms. The largest absolute Gasteiger partial charge is 0.497 e. The van der Waals surface area contributed by atoms with Crippen molar-refractivity contribution in [3.05, 3.63) is 29.8 Å². The topological polar surface area (TPSA) is 9.23 Å². The van der Waals surface area contributed by atoms with Crippen LogP contribution in [0.4, 0.5) is 0 Å². The van der Waals surface area contributed by atoms with Crippen LogP contribution in [-0.2, 0) is 0 Å². The minimum atomic E-state index is 0. The molecule has 0 N–H and O–H groups in total. The molecule has 0 aliphatic heterocycles. The zero-order valence-electron chi connectivity index (χ0n) is 7.72. The van der Waals surface area contributed by atoms with Crippen molar-refractivity contribution in [2.75, 3.05) is 7.11 Å². The number of rotatable bonds is 1. The van der Waals surface area contributed by atoms with E-state index in [0.29, 0.717) is 0 Å². The van der Waals surface area contributed by atoms with E-state index in [1.165, 1.54) is 5.56 Å². The van der Waals surface area contributed by atoms with Crippen molar-refractivity contribution in [1.82, 2.24) is 0 Å². The fraction of sp³-hybridized carbons (Fsp3) is 0.455. The molecule has 0 spiro atoms. The van der Waals surface area contributed by atoms with Gasteiger partial charge in [-0.05, 0) is 24.6 Å². The van der Waals surface area contributed by atoms with Crippen molar-refractivity contribution in [3.8, 4) is 5.75 Å². The Balaban J connectivity index is 0. The number of hydrogen-bond donors (Lipinski definition) is 0. The molecule has 0 fully saturated rings. The van der Waals surface area contributed by atoms with Gasteiger partial charge in [0, 0.05) is 0 Å². The van der Waals surface area contributed by atoms with Crippen LogP contribution in [0, 0.1) is 6.92 Å². The van der Waals surface area contributed by atoms with Gasteiger partial charge in [-0.25, -0.2) is 0 Å². The van der Waals surface area contributed by atoms with Gasteiger partial charge in [-0.15, -0.1) is 0 Å². The maximum atomic E-state index is 5.00. The molecular weight excluding hydrogens is 148 g/mol. The summed E-state index contributed by atoms with van der Waals surface area (Å²) in [5, 5.41) is 0. The minimum Gasteiger partial charge on any atom is -0.497 e. The summed E-state index contributed by atoms with van der Waals surface area (Å²) < 4.78 is 5.00. The Morgan fingerprint density at radius 2 is 1.75 bits per heavy atom. The van der Waals surface area contributed by atoms with Crippen LogP contribution in [0.1, 0.15) is 26.8 Å². The first-order valence-corrected chi connectivity index (χ1v) is 3.93. The fourth-order valence-electron chi connectivity index (χ4n) is 0.742. The van der Waals surface area contributed by atoms with Crippen molar-refractivity contribution < 1.29 is 4.74 Å². The Morgan fingerprint density at radius 1 is 1.17 bits per heavy atom. The molecule has 0 heterocycles. The van der Waals surface area contributed by atoms with Gasteiger partial charge in [-0.1, -0.05) is 33.4 Å². The summed E-state index contributed by atoms with van der Waals surface area (Å²) in [4.78, 5) is 0. The summed E-state index contributed by atoms with van der Waals surface area (Å²) >= 11 is 0. The van der Waals surface area contributed by atoms with Gasteiger partial charge in [0.05, 0.1) is 7.11 Å². The van der Waals surface area contributed by atoms with E-state index in [9.17, 15) is 0 Å². The van der Waals surface area contributed by atoms with Gasteiger partial charge >= 0.3 is 0 Å². The third-order valence-corrected chi connectivity index (χ3v) is 1.23. The van der Waals surface area contributed by atoms with E-state index in [1.54, 1.807) is 7.11 Å². The summed E-state index contributed by atoms with van der Waals surface area (Å²) in [5.41, 5.74) is 1.23. The second-order valence-electron chi connectivity index (χ2n) is 2.02. The zero-order chi connectivity index (χ0) is 8.69. The monoisotopic (exact) mass is 168 g/mol. The second-order valence-corrected chi connectivity index (χ2v) is 2.02. The highest BCUT2D eigenvalue weighted by Gasteiger charge is 1.86. The molecule has 70 valence electrons. The molecule has 0 saturated heterocycles. The standard InChI is InChI=1S/C8H10O.C2H6.CH4/c1-7-4-3-5-8(6-7)9-2;1-2;/h3-6H,1-2H3;1-2H3;1H4. The third-order valence-electron chi connectivity index (χ3n) is 1.23. The van der Waals surface area contributed by atoms with E-state index in [4.69, 9.17) is 4.74 Å². The molecule has 0 bridgehead atoms. The predicted molar refractivity (Wildman–Crippen MR) is 55.8 cm³/mol. The van der Waals surface area contributed by atoms with Gasteiger partial charge in [0.25, 0.3) is 0 Å². The Hall–Kier alpha value is -0.980. The Kier molecular flexibility index (Phi) is 9.20. The average molecular weight is 168 g/mol. The number of ether oxygens (including phenoxy) is 1. The maximum Gasteiger partial charge on any atom is 0.119 e. The number of benzene rings is 1. The van der Waals surface area contributed by atoms with Crippen molar-refractivity contribution in [2.24, 2.45) is 0 Å². The molecule has 0 saturated carbocycles. The van der Waals surface area contributed by atoms with Gasteiger partial charge in [0.15, 0.2) is 0 Å². The van der Waals surface area contributed by atoms with Gasteiger partial charge in [-0.3, -0.25) is 0 Å². The fourth-order valence-corrected chi connectivity index (χ4v) is 0.742. The lowest BCUT2D eigenvalue weighted by atomic mass is 10.2. The lowest BCUT2D eigenvalue weighted by Gasteiger charge is -1.97. The van der Waals surface area contributed by atoms with Gasteiger partial charge in [0.1, 0.15) is 5.75 Å². The summed E-state index contributed by atoms with van der Waals surface area (Å²) in [6.45, 7) is 6.04. The van der Waals surface area contributed by atoms with Crippen LogP contribution < -0.4 is 4.74 Å². The van der Waals surface area contributed by atoms with Crippen LogP contribution >= 0.6 is 0 Å². The lowest BCUT2D eigenvalue weighted by Crippen LogP contribution is -1.81. The van der Waals surface area contributed by atoms with Crippen LogP contribution in [0.25, 0.3) is 0 Å². The first-order chi connectivity index (χ1) is 5.33. The normalized spacial score (nSPS) is 7.33. The van der Waals surface area contributed by atoms with Crippen LogP contribution in [0.5, 0.6) is 5.75 Å². The molecule has 0 atom stereocenters.